The Hall–Kier alpha value is -2.08. The number of esters is 1. The van der Waals surface area contributed by atoms with E-state index in [0.29, 0.717) is 36.8 Å². The molecule has 154 valence electrons. The number of nitrogens with one attached hydrogen (secondary N) is 1. The number of benzene rings is 1. The van der Waals surface area contributed by atoms with E-state index in [1.165, 1.54) is 19.3 Å². The molecule has 6 heteroatoms. The van der Waals surface area contributed by atoms with E-state index in [0.717, 1.165) is 24.8 Å². The van der Waals surface area contributed by atoms with E-state index in [1.807, 2.05) is 24.3 Å². The minimum absolute atomic E-state index is 0.0870. The molecule has 0 saturated heterocycles. The zero-order valence-electron chi connectivity index (χ0n) is 16.7. The molecule has 28 heavy (non-hydrogen) atoms. The van der Waals surface area contributed by atoms with Crippen molar-refractivity contribution in [2.24, 2.45) is 23.5 Å². The summed E-state index contributed by atoms with van der Waals surface area (Å²) in [5.41, 5.74) is 7.44. The van der Waals surface area contributed by atoms with Gasteiger partial charge < -0.3 is 20.5 Å². The number of rotatable bonds is 8. The molecule has 2 bridgehead atoms. The van der Waals surface area contributed by atoms with Crippen LogP contribution >= 0.6 is 0 Å². The lowest BCUT2D eigenvalue weighted by molar-refractivity contribution is -0.145. The summed E-state index contributed by atoms with van der Waals surface area (Å²) >= 11 is 0. The first-order valence-corrected chi connectivity index (χ1v) is 10.5. The maximum absolute atomic E-state index is 12.6. The topological polar surface area (TPSA) is 90.6 Å². The van der Waals surface area contributed by atoms with Crippen LogP contribution in [0.5, 0.6) is 5.75 Å². The standard InChI is InChI=1S/C22H32N2O4/c1-2-27-20(25)14-28-19-8-6-15(7-9-19)10-11-24-22(26)18-12-16-4-3-5-17(13-18)21(16)23/h6-9,16-18,21H,2-5,10-14,23H2,1H3,(H,24,26). The van der Waals surface area contributed by atoms with Crippen molar-refractivity contribution in [3.8, 4) is 5.75 Å². The second-order valence-corrected chi connectivity index (χ2v) is 7.98. The Bertz CT molecular complexity index is 647. The molecular formula is C22H32N2O4. The smallest absolute Gasteiger partial charge is 0.344 e. The zero-order valence-corrected chi connectivity index (χ0v) is 16.7. The van der Waals surface area contributed by atoms with Crippen molar-refractivity contribution >= 4 is 11.9 Å². The Morgan fingerprint density at radius 3 is 2.46 bits per heavy atom. The van der Waals surface area contributed by atoms with Crippen LogP contribution in [0.1, 0.15) is 44.6 Å². The number of amides is 1. The summed E-state index contributed by atoms with van der Waals surface area (Å²) in [7, 11) is 0. The molecule has 6 nitrogen and oxygen atoms in total. The van der Waals surface area contributed by atoms with Gasteiger partial charge in [-0.25, -0.2) is 4.79 Å². The summed E-state index contributed by atoms with van der Waals surface area (Å²) in [4.78, 5) is 23.9. The van der Waals surface area contributed by atoms with Gasteiger partial charge in [0.2, 0.25) is 5.91 Å². The van der Waals surface area contributed by atoms with Gasteiger partial charge >= 0.3 is 5.97 Å². The molecule has 0 aliphatic heterocycles. The van der Waals surface area contributed by atoms with Crippen molar-refractivity contribution in [2.75, 3.05) is 19.8 Å². The lowest BCUT2D eigenvalue weighted by atomic mass is 9.65. The van der Waals surface area contributed by atoms with Crippen molar-refractivity contribution in [3.05, 3.63) is 29.8 Å². The number of nitrogens with two attached hydrogens (primary N) is 1. The van der Waals surface area contributed by atoms with Crippen LogP contribution in [0, 0.1) is 17.8 Å². The number of hydrogen-bond acceptors (Lipinski definition) is 5. The molecule has 1 amide bonds. The normalized spacial score (nSPS) is 26.4. The first-order valence-electron chi connectivity index (χ1n) is 10.5. The molecule has 3 N–H and O–H groups in total. The fourth-order valence-corrected chi connectivity index (χ4v) is 4.57. The molecule has 0 heterocycles. The molecule has 2 aliphatic carbocycles. The fraction of sp³-hybridized carbons (Fsp3) is 0.636. The summed E-state index contributed by atoms with van der Waals surface area (Å²) in [6, 6.07) is 7.87. The van der Waals surface area contributed by atoms with E-state index >= 15 is 0 Å². The van der Waals surface area contributed by atoms with Gasteiger partial charge in [0, 0.05) is 18.5 Å². The SMILES string of the molecule is CCOC(=O)COc1ccc(CCNC(=O)C2CC3CCCC(C2)C3N)cc1. The maximum Gasteiger partial charge on any atom is 0.344 e. The van der Waals surface area contributed by atoms with Crippen molar-refractivity contribution < 1.29 is 19.1 Å². The van der Waals surface area contributed by atoms with Crippen molar-refractivity contribution in [1.29, 1.82) is 0 Å². The molecule has 3 rings (SSSR count). The minimum atomic E-state index is -0.373. The first kappa shape index (κ1) is 20.6. The molecule has 2 aliphatic rings. The van der Waals surface area contributed by atoms with Crippen molar-refractivity contribution in [3.63, 3.8) is 0 Å². The summed E-state index contributed by atoms with van der Waals surface area (Å²) in [5.74, 6) is 1.59. The summed E-state index contributed by atoms with van der Waals surface area (Å²) < 4.78 is 10.2. The van der Waals surface area contributed by atoms with Crippen LogP contribution in [0.3, 0.4) is 0 Å². The predicted octanol–water partition coefficient (Wildman–Crippen LogP) is 2.44. The summed E-state index contributed by atoms with van der Waals surface area (Å²) in [6.07, 6.45) is 6.25. The average molecular weight is 389 g/mol. The maximum atomic E-state index is 12.6. The molecule has 2 saturated carbocycles. The van der Waals surface area contributed by atoms with Gasteiger partial charge in [0.1, 0.15) is 5.75 Å². The van der Waals surface area contributed by atoms with E-state index in [9.17, 15) is 9.59 Å². The highest BCUT2D eigenvalue weighted by Crippen LogP contribution is 2.41. The van der Waals surface area contributed by atoms with Gasteiger partial charge in [-0.1, -0.05) is 18.6 Å². The molecule has 2 atom stereocenters. The molecular weight excluding hydrogens is 356 g/mol. The van der Waals surface area contributed by atoms with E-state index in [1.54, 1.807) is 6.92 Å². The lowest BCUT2D eigenvalue weighted by Gasteiger charge is -2.43. The van der Waals surface area contributed by atoms with Crippen LogP contribution in [0.4, 0.5) is 0 Å². The predicted molar refractivity (Wildman–Crippen MR) is 107 cm³/mol. The van der Waals surface area contributed by atoms with Crippen molar-refractivity contribution in [2.45, 2.75) is 51.5 Å². The van der Waals surface area contributed by atoms with Gasteiger partial charge in [-0.05, 0) is 68.6 Å². The largest absolute Gasteiger partial charge is 0.482 e. The molecule has 2 fully saturated rings. The second-order valence-electron chi connectivity index (χ2n) is 7.98. The average Bonchev–Trinajstić information content (AvgIpc) is 2.67. The Morgan fingerprint density at radius 1 is 1.14 bits per heavy atom. The highest BCUT2D eigenvalue weighted by atomic mass is 16.6. The zero-order chi connectivity index (χ0) is 19.9. The van der Waals surface area contributed by atoms with Crippen LogP contribution in [0.25, 0.3) is 0 Å². The Balaban J connectivity index is 1.39. The molecule has 1 aromatic carbocycles. The van der Waals surface area contributed by atoms with Gasteiger partial charge in [-0.3, -0.25) is 4.79 Å². The van der Waals surface area contributed by atoms with E-state index in [2.05, 4.69) is 5.32 Å². The summed E-state index contributed by atoms with van der Waals surface area (Å²) in [5, 5.41) is 3.10. The van der Waals surface area contributed by atoms with Gasteiger partial charge in [0.05, 0.1) is 6.61 Å². The second kappa shape index (κ2) is 9.92. The lowest BCUT2D eigenvalue weighted by Crippen LogP contribution is -2.49. The highest BCUT2D eigenvalue weighted by Gasteiger charge is 2.40. The van der Waals surface area contributed by atoms with Crippen LogP contribution < -0.4 is 15.8 Å². The number of fused-ring (bicyclic) bond motifs is 2. The molecule has 0 aromatic heterocycles. The van der Waals surface area contributed by atoms with Crippen LogP contribution in [-0.4, -0.2) is 37.7 Å². The number of carbonyl (C=O) groups excluding carboxylic acids is 2. The van der Waals surface area contributed by atoms with Gasteiger partial charge in [-0.2, -0.15) is 0 Å². The highest BCUT2D eigenvalue weighted by molar-refractivity contribution is 5.78. The molecule has 1 aromatic rings. The van der Waals surface area contributed by atoms with Gasteiger partial charge in [0.15, 0.2) is 6.61 Å². The van der Waals surface area contributed by atoms with E-state index in [-0.39, 0.29) is 24.4 Å². The van der Waals surface area contributed by atoms with Crippen molar-refractivity contribution in [1.82, 2.24) is 5.32 Å². The van der Waals surface area contributed by atoms with Crippen LogP contribution in [0.2, 0.25) is 0 Å². The Labute approximate surface area is 167 Å². The molecule has 2 unspecified atom stereocenters. The molecule has 0 spiro atoms. The van der Waals surface area contributed by atoms with E-state index < -0.39 is 0 Å². The van der Waals surface area contributed by atoms with Gasteiger partial charge in [-0.15, -0.1) is 0 Å². The third-order valence-corrected chi connectivity index (χ3v) is 6.08. The summed E-state index contributed by atoms with van der Waals surface area (Å²) in [6.45, 7) is 2.65. The van der Waals surface area contributed by atoms with Crippen LogP contribution in [-0.2, 0) is 20.7 Å². The number of hydrogen-bond donors (Lipinski definition) is 2. The Morgan fingerprint density at radius 2 is 1.82 bits per heavy atom. The third-order valence-electron chi connectivity index (χ3n) is 6.08. The number of carbonyl (C=O) groups is 2. The van der Waals surface area contributed by atoms with E-state index in [4.69, 9.17) is 15.2 Å². The molecule has 0 radical (unpaired) electrons. The Kier molecular flexibility index (Phi) is 7.31. The fourth-order valence-electron chi connectivity index (χ4n) is 4.57. The van der Waals surface area contributed by atoms with Gasteiger partial charge in [0.25, 0.3) is 0 Å². The quantitative estimate of drug-likeness (QED) is 0.668. The first-order chi connectivity index (χ1) is 13.6. The number of ether oxygens (including phenoxy) is 2. The monoisotopic (exact) mass is 388 g/mol. The minimum Gasteiger partial charge on any atom is -0.482 e. The third kappa shape index (κ3) is 5.47. The van der Waals surface area contributed by atoms with Crippen LogP contribution in [0.15, 0.2) is 24.3 Å².